The van der Waals surface area contributed by atoms with Crippen molar-refractivity contribution in [2.45, 2.75) is 64.9 Å². The van der Waals surface area contributed by atoms with E-state index in [1.807, 2.05) is 6.08 Å². The number of rotatable bonds is 1. The van der Waals surface area contributed by atoms with Gasteiger partial charge < -0.3 is 9.47 Å². The Morgan fingerprint density at radius 3 is 2.62 bits per heavy atom. The van der Waals surface area contributed by atoms with Crippen molar-refractivity contribution in [2.24, 2.45) is 28.6 Å². The molecule has 0 bridgehead atoms. The number of fused-ring (bicyclic) bond motifs is 5. The van der Waals surface area contributed by atoms with Crippen molar-refractivity contribution >= 4 is 17.7 Å². The van der Waals surface area contributed by atoms with Gasteiger partial charge in [-0.2, -0.15) is 0 Å². The Morgan fingerprint density at radius 2 is 1.88 bits per heavy atom. The van der Waals surface area contributed by atoms with Crippen molar-refractivity contribution < 1.29 is 23.9 Å². The van der Waals surface area contributed by atoms with E-state index in [2.05, 4.69) is 13.8 Å². The van der Waals surface area contributed by atoms with E-state index in [1.54, 1.807) is 0 Å². The highest BCUT2D eigenvalue weighted by Gasteiger charge is 2.63. The molecule has 0 aromatic rings. The molecule has 4 aliphatic carbocycles. The Balaban J connectivity index is 1.76. The molecule has 4 aliphatic rings. The Bertz CT molecular complexity index is 695. The fourth-order valence-corrected chi connectivity index (χ4v) is 6.71. The van der Waals surface area contributed by atoms with Gasteiger partial charge in [0.2, 0.25) is 0 Å². The van der Waals surface area contributed by atoms with Crippen LogP contribution in [0, 0.1) is 28.6 Å². The number of hydrogen-bond donors (Lipinski definition) is 0. The lowest BCUT2D eigenvalue weighted by molar-refractivity contribution is -0.150. The molecular formula is C21H28O5. The molecule has 0 unspecified atom stereocenters. The molecule has 0 radical (unpaired) electrons. The summed E-state index contributed by atoms with van der Waals surface area (Å²) in [6, 6.07) is 0. The number of methoxy groups -OCH3 is 1. The first kappa shape index (κ1) is 17.7. The van der Waals surface area contributed by atoms with Crippen LogP contribution in [0.4, 0.5) is 4.79 Å². The molecule has 5 heteroatoms. The Kier molecular flexibility index (Phi) is 4.05. The number of hydrogen-bond acceptors (Lipinski definition) is 5. The standard InChI is InChI=1S/C21H28O5/c1-20-9-8-13(22)10-12(20)4-5-14-15-6-7-17(23)21(15,2)11-16(18(14)20)26-19(24)25-3/h10,14-16,18H,4-9,11H2,1-3H3/t14-,15-,16+,18+,20-,21-/m0/s1. The summed E-state index contributed by atoms with van der Waals surface area (Å²) >= 11 is 0. The molecule has 5 nitrogen and oxygen atoms in total. The SMILES string of the molecule is COC(=O)O[C@@H]1C[C@]2(C)C(=O)CC[C@H]2[C@@H]2CCC3=CC(=O)CC[C@]3(C)[C@H]21. The van der Waals surface area contributed by atoms with Crippen LogP contribution in [0.2, 0.25) is 0 Å². The van der Waals surface area contributed by atoms with Gasteiger partial charge in [-0.15, -0.1) is 0 Å². The van der Waals surface area contributed by atoms with E-state index in [9.17, 15) is 14.4 Å². The maximum absolute atomic E-state index is 12.7. The van der Waals surface area contributed by atoms with Gasteiger partial charge in [-0.05, 0) is 55.4 Å². The van der Waals surface area contributed by atoms with E-state index in [4.69, 9.17) is 9.47 Å². The fraction of sp³-hybridized carbons (Fsp3) is 0.762. The van der Waals surface area contributed by atoms with Crippen molar-refractivity contribution in [3.63, 3.8) is 0 Å². The van der Waals surface area contributed by atoms with Crippen molar-refractivity contribution in [1.82, 2.24) is 0 Å². The lowest BCUT2D eigenvalue weighted by Gasteiger charge is -2.58. The van der Waals surface area contributed by atoms with Gasteiger partial charge in [-0.3, -0.25) is 9.59 Å². The highest BCUT2D eigenvalue weighted by Crippen LogP contribution is 2.64. The van der Waals surface area contributed by atoms with E-state index < -0.39 is 11.6 Å². The van der Waals surface area contributed by atoms with Crippen LogP contribution >= 0.6 is 0 Å². The average molecular weight is 360 g/mol. The zero-order chi connectivity index (χ0) is 18.7. The van der Waals surface area contributed by atoms with Gasteiger partial charge in [-0.1, -0.05) is 19.4 Å². The highest BCUT2D eigenvalue weighted by molar-refractivity contribution is 5.91. The first-order valence-electron chi connectivity index (χ1n) is 9.81. The van der Waals surface area contributed by atoms with Crippen molar-refractivity contribution in [1.29, 1.82) is 0 Å². The van der Waals surface area contributed by atoms with Gasteiger partial charge in [0.05, 0.1) is 7.11 Å². The van der Waals surface area contributed by atoms with Gasteiger partial charge in [0.15, 0.2) is 5.78 Å². The quantitative estimate of drug-likeness (QED) is 0.664. The van der Waals surface area contributed by atoms with Crippen LogP contribution in [0.5, 0.6) is 0 Å². The normalized spacial score (nSPS) is 44.5. The summed E-state index contributed by atoms with van der Waals surface area (Å²) in [5.41, 5.74) is 0.672. The molecule has 0 heterocycles. The minimum absolute atomic E-state index is 0.136. The smallest absolute Gasteiger partial charge is 0.438 e. The first-order valence-corrected chi connectivity index (χ1v) is 9.81. The molecule has 142 valence electrons. The molecule has 0 aromatic heterocycles. The van der Waals surface area contributed by atoms with E-state index in [0.717, 1.165) is 25.7 Å². The van der Waals surface area contributed by atoms with E-state index in [1.165, 1.54) is 12.7 Å². The van der Waals surface area contributed by atoms with Crippen molar-refractivity contribution in [2.75, 3.05) is 7.11 Å². The molecule has 0 spiro atoms. The summed E-state index contributed by atoms with van der Waals surface area (Å²) in [6.45, 7) is 4.30. The maximum Gasteiger partial charge on any atom is 0.508 e. The molecule has 0 aliphatic heterocycles. The number of ketones is 2. The summed E-state index contributed by atoms with van der Waals surface area (Å²) in [6.07, 6.45) is 6.20. The Labute approximate surface area is 154 Å². The topological polar surface area (TPSA) is 69.7 Å². The lowest BCUT2D eigenvalue weighted by Crippen LogP contribution is -2.57. The van der Waals surface area contributed by atoms with Crippen LogP contribution in [0.25, 0.3) is 0 Å². The van der Waals surface area contributed by atoms with Gasteiger partial charge >= 0.3 is 6.16 Å². The van der Waals surface area contributed by atoms with Gasteiger partial charge in [0, 0.05) is 24.2 Å². The predicted molar refractivity (Wildman–Crippen MR) is 94.4 cm³/mol. The number of allylic oxidation sites excluding steroid dienone is 1. The number of carbonyl (C=O) groups is 3. The monoisotopic (exact) mass is 360 g/mol. The third-order valence-corrected chi connectivity index (χ3v) is 8.00. The summed E-state index contributed by atoms with van der Waals surface area (Å²) in [5.74, 6) is 1.38. The molecule has 3 fully saturated rings. The summed E-state index contributed by atoms with van der Waals surface area (Å²) in [7, 11) is 1.32. The van der Waals surface area contributed by atoms with Gasteiger partial charge in [0.1, 0.15) is 11.9 Å². The lowest BCUT2D eigenvalue weighted by atomic mass is 9.46. The summed E-state index contributed by atoms with van der Waals surface area (Å²) < 4.78 is 10.5. The third kappa shape index (κ3) is 2.39. The second-order valence-electron chi connectivity index (χ2n) is 9.08. The maximum atomic E-state index is 12.7. The molecule has 0 N–H and O–H groups in total. The van der Waals surface area contributed by atoms with Crippen LogP contribution < -0.4 is 0 Å². The Morgan fingerprint density at radius 1 is 1.12 bits per heavy atom. The van der Waals surface area contributed by atoms with Crippen LogP contribution in [0.15, 0.2) is 11.6 Å². The average Bonchev–Trinajstić information content (AvgIpc) is 2.90. The van der Waals surface area contributed by atoms with Crippen LogP contribution in [-0.4, -0.2) is 30.9 Å². The van der Waals surface area contributed by atoms with Crippen LogP contribution in [0.3, 0.4) is 0 Å². The van der Waals surface area contributed by atoms with Crippen LogP contribution in [0.1, 0.15) is 58.8 Å². The number of carbonyl (C=O) groups excluding carboxylic acids is 3. The zero-order valence-electron chi connectivity index (χ0n) is 15.9. The largest absolute Gasteiger partial charge is 0.508 e. The molecule has 6 atom stereocenters. The third-order valence-electron chi connectivity index (χ3n) is 8.00. The van der Waals surface area contributed by atoms with Crippen molar-refractivity contribution in [3.05, 3.63) is 11.6 Å². The molecule has 26 heavy (non-hydrogen) atoms. The number of ether oxygens (including phenoxy) is 2. The van der Waals surface area contributed by atoms with Crippen LogP contribution in [-0.2, 0) is 19.1 Å². The van der Waals surface area contributed by atoms with E-state index >= 15 is 0 Å². The van der Waals surface area contributed by atoms with Gasteiger partial charge in [-0.25, -0.2) is 4.79 Å². The highest BCUT2D eigenvalue weighted by atomic mass is 16.7. The second-order valence-corrected chi connectivity index (χ2v) is 9.08. The van der Waals surface area contributed by atoms with Gasteiger partial charge in [0.25, 0.3) is 0 Å². The first-order chi connectivity index (χ1) is 12.3. The minimum Gasteiger partial charge on any atom is -0.438 e. The fourth-order valence-electron chi connectivity index (χ4n) is 6.71. The number of Topliss-reactive ketones (excluding diaryl/α,β-unsaturated/α-hetero) is 1. The second kappa shape index (κ2) is 5.93. The molecule has 0 amide bonds. The molecule has 4 rings (SSSR count). The summed E-state index contributed by atoms with van der Waals surface area (Å²) in [5, 5.41) is 0. The predicted octanol–water partition coefficient (Wildman–Crippen LogP) is 3.85. The van der Waals surface area contributed by atoms with E-state index in [-0.39, 0.29) is 23.2 Å². The molecule has 0 saturated heterocycles. The molecule has 0 aromatic carbocycles. The Hall–Kier alpha value is -1.65. The van der Waals surface area contributed by atoms with E-state index in [0.29, 0.717) is 36.9 Å². The van der Waals surface area contributed by atoms with Crippen molar-refractivity contribution in [3.8, 4) is 0 Å². The molecular weight excluding hydrogens is 332 g/mol. The summed E-state index contributed by atoms with van der Waals surface area (Å²) in [4.78, 5) is 36.6. The minimum atomic E-state index is -0.673. The zero-order valence-corrected chi connectivity index (χ0v) is 15.9. The molecule has 3 saturated carbocycles.